The minimum Gasteiger partial charge on any atom is -0.344 e. The Morgan fingerprint density at radius 1 is 1.53 bits per heavy atom. The van der Waals surface area contributed by atoms with E-state index in [2.05, 4.69) is 4.98 Å². The van der Waals surface area contributed by atoms with Crippen molar-refractivity contribution in [3.05, 3.63) is 24.3 Å². The molecule has 0 atom stereocenters. The van der Waals surface area contributed by atoms with E-state index in [4.69, 9.17) is 5.26 Å². The van der Waals surface area contributed by atoms with Gasteiger partial charge < -0.3 is 4.90 Å². The largest absolute Gasteiger partial charge is 0.344 e. The van der Waals surface area contributed by atoms with Gasteiger partial charge in [-0.15, -0.1) is 11.3 Å². The maximum Gasteiger partial charge on any atom is 0.232 e. The highest BCUT2D eigenvalue weighted by molar-refractivity contribution is 8.01. The van der Waals surface area contributed by atoms with Crippen molar-refractivity contribution >= 4 is 39.2 Å². The first-order valence-corrected chi connectivity index (χ1v) is 7.60. The number of thiazole rings is 1. The quantitative estimate of drug-likeness (QED) is 0.795. The zero-order chi connectivity index (χ0) is 13.7. The molecule has 0 aliphatic heterocycles. The number of amides is 1. The minimum atomic E-state index is 0.0273. The predicted octanol–water partition coefficient (Wildman–Crippen LogP) is 2.76. The molecule has 0 saturated heterocycles. The third-order valence-corrected chi connectivity index (χ3v) is 4.74. The Morgan fingerprint density at radius 2 is 2.32 bits per heavy atom. The lowest BCUT2D eigenvalue weighted by Crippen LogP contribution is -2.29. The fraction of sp³-hybridized carbons (Fsp3) is 0.308. The molecule has 98 valence electrons. The number of thioether (sulfide) groups is 1. The Labute approximate surface area is 120 Å². The molecule has 1 aromatic carbocycles. The molecule has 4 nitrogen and oxygen atoms in total. The van der Waals surface area contributed by atoms with Crippen LogP contribution in [0.5, 0.6) is 0 Å². The summed E-state index contributed by atoms with van der Waals surface area (Å²) < 4.78 is 2.04. The lowest BCUT2D eigenvalue weighted by molar-refractivity contribution is -0.127. The normalized spacial score (nSPS) is 10.3. The lowest BCUT2D eigenvalue weighted by atomic mass is 10.3. The van der Waals surface area contributed by atoms with Gasteiger partial charge in [-0.05, 0) is 12.1 Å². The smallest absolute Gasteiger partial charge is 0.232 e. The van der Waals surface area contributed by atoms with Crippen molar-refractivity contribution in [3.8, 4) is 6.07 Å². The molecule has 1 aromatic heterocycles. The van der Waals surface area contributed by atoms with E-state index in [1.165, 1.54) is 11.8 Å². The van der Waals surface area contributed by atoms with Crippen LogP contribution in [0.4, 0.5) is 0 Å². The zero-order valence-electron chi connectivity index (χ0n) is 10.5. The van der Waals surface area contributed by atoms with Crippen LogP contribution < -0.4 is 0 Å². The number of benzene rings is 1. The summed E-state index contributed by atoms with van der Waals surface area (Å²) in [7, 11) is 1.72. The maximum atomic E-state index is 11.8. The molecule has 0 saturated carbocycles. The van der Waals surface area contributed by atoms with Gasteiger partial charge in [-0.1, -0.05) is 23.9 Å². The van der Waals surface area contributed by atoms with Gasteiger partial charge in [-0.2, -0.15) is 5.26 Å². The summed E-state index contributed by atoms with van der Waals surface area (Å²) in [6.45, 7) is 0.482. The van der Waals surface area contributed by atoms with Crippen molar-refractivity contribution < 1.29 is 4.79 Å². The fourth-order valence-corrected chi connectivity index (χ4v) is 3.50. The molecule has 0 radical (unpaired) electrons. The molecule has 2 aromatic rings. The highest BCUT2D eigenvalue weighted by Gasteiger charge is 2.11. The molecule has 0 fully saturated rings. The first-order valence-electron chi connectivity index (χ1n) is 5.80. The first kappa shape index (κ1) is 13.8. The summed E-state index contributed by atoms with van der Waals surface area (Å²) in [5.74, 6) is 0.390. The SMILES string of the molecule is CN(CCC#N)C(=O)CSc1nc2ccccc2s1. The van der Waals surface area contributed by atoms with E-state index in [0.29, 0.717) is 18.7 Å². The number of rotatable bonds is 5. The summed E-state index contributed by atoms with van der Waals surface area (Å²) >= 11 is 3.05. The highest BCUT2D eigenvalue weighted by Crippen LogP contribution is 2.29. The van der Waals surface area contributed by atoms with Crippen LogP contribution in [0.1, 0.15) is 6.42 Å². The first-order chi connectivity index (χ1) is 9.20. The Bertz CT molecular complexity index is 585. The van der Waals surface area contributed by atoms with Crippen LogP contribution in [0.15, 0.2) is 28.6 Å². The second kappa shape index (κ2) is 6.55. The number of carbonyl (C=O) groups is 1. The number of hydrogen-bond acceptors (Lipinski definition) is 5. The van der Waals surface area contributed by atoms with Crippen LogP contribution in [0.2, 0.25) is 0 Å². The van der Waals surface area contributed by atoms with Crippen LogP contribution in [0.3, 0.4) is 0 Å². The average Bonchev–Trinajstić information content (AvgIpc) is 2.84. The second-order valence-electron chi connectivity index (χ2n) is 3.96. The van der Waals surface area contributed by atoms with E-state index in [1.807, 2.05) is 30.3 Å². The molecule has 1 amide bonds. The number of fused-ring (bicyclic) bond motifs is 1. The van der Waals surface area contributed by atoms with E-state index in [0.717, 1.165) is 14.6 Å². The standard InChI is InChI=1S/C13H13N3OS2/c1-16(8-4-7-14)12(17)9-18-13-15-10-5-2-3-6-11(10)19-13/h2-3,5-6H,4,8-9H2,1H3. The topological polar surface area (TPSA) is 57.0 Å². The van der Waals surface area contributed by atoms with Crippen LogP contribution in [-0.4, -0.2) is 35.1 Å². The Kier molecular flexibility index (Phi) is 4.77. The number of carbonyl (C=O) groups excluding carboxylic acids is 1. The average molecular weight is 291 g/mol. The number of para-hydroxylation sites is 1. The van der Waals surface area contributed by atoms with Crippen molar-refractivity contribution in [2.45, 2.75) is 10.8 Å². The van der Waals surface area contributed by atoms with Crippen LogP contribution in [0, 0.1) is 11.3 Å². The summed E-state index contributed by atoms with van der Waals surface area (Å²) in [6.07, 6.45) is 0.369. The van der Waals surface area contributed by atoms with Gasteiger partial charge in [0.1, 0.15) is 0 Å². The third kappa shape index (κ3) is 3.69. The molecule has 19 heavy (non-hydrogen) atoms. The summed E-state index contributed by atoms with van der Waals surface area (Å²) in [5, 5.41) is 8.48. The number of nitriles is 1. The molecule has 2 rings (SSSR count). The molecule has 1 heterocycles. The van der Waals surface area contributed by atoms with Gasteiger partial charge in [0.05, 0.1) is 28.5 Å². The van der Waals surface area contributed by atoms with E-state index in [1.54, 1.807) is 23.3 Å². The summed E-state index contributed by atoms with van der Waals surface area (Å²) in [5.41, 5.74) is 0.972. The van der Waals surface area contributed by atoms with Crippen LogP contribution in [0.25, 0.3) is 10.2 Å². The Balaban J connectivity index is 1.91. The van der Waals surface area contributed by atoms with Gasteiger partial charge in [0.2, 0.25) is 5.91 Å². The van der Waals surface area contributed by atoms with Gasteiger partial charge in [0.25, 0.3) is 0 Å². The van der Waals surface area contributed by atoms with Gasteiger partial charge in [-0.3, -0.25) is 4.79 Å². The summed E-state index contributed by atoms with van der Waals surface area (Å²) in [6, 6.07) is 9.97. The predicted molar refractivity (Wildman–Crippen MR) is 78.2 cm³/mol. The second-order valence-corrected chi connectivity index (χ2v) is 6.21. The number of hydrogen-bond donors (Lipinski definition) is 0. The minimum absolute atomic E-state index is 0.0273. The molecule has 0 unspecified atom stereocenters. The van der Waals surface area contributed by atoms with E-state index in [9.17, 15) is 4.79 Å². The molecule has 6 heteroatoms. The Hall–Kier alpha value is -1.58. The fourth-order valence-electron chi connectivity index (χ4n) is 1.49. The van der Waals surface area contributed by atoms with Crippen molar-refractivity contribution in [2.24, 2.45) is 0 Å². The lowest BCUT2D eigenvalue weighted by Gasteiger charge is -2.14. The Morgan fingerprint density at radius 3 is 3.05 bits per heavy atom. The van der Waals surface area contributed by atoms with Gasteiger partial charge in [0.15, 0.2) is 4.34 Å². The van der Waals surface area contributed by atoms with Crippen LogP contribution in [-0.2, 0) is 4.79 Å². The number of nitrogens with zero attached hydrogens (tertiary/aromatic N) is 3. The van der Waals surface area contributed by atoms with Crippen molar-refractivity contribution in [2.75, 3.05) is 19.3 Å². The summed E-state index contributed by atoms with van der Waals surface area (Å²) in [4.78, 5) is 17.9. The third-order valence-electron chi connectivity index (χ3n) is 2.58. The molecular weight excluding hydrogens is 278 g/mol. The molecule has 0 aliphatic rings. The van der Waals surface area contributed by atoms with Crippen molar-refractivity contribution in [1.82, 2.24) is 9.88 Å². The zero-order valence-corrected chi connectivity index (χ0v) is 12.1. The van der Waals surface area contributed by atoms with E-state index < -0.39 is 0 Å². The van der Waals surface area contributed by atoms with Crippen LogP contribution >= 0.6 is 23.1 Å². The van der Waals surface area contributed by atoms with Crippen molar-refractivity contribution in [3.63, 3.8) is 0 Å². The maximum absolute atomic E-state index is 11.8. The molecular formula is C13H13N3OS2. The van der Waals surface area contributed by atoms with E-state index >= 15 is 0 Å². The molecule has 0 aliphatic carbocycles. The van der Waals surface area contributed by atoms with Gasteiger partial charge in [0, 0.05) is 13.6 Å². The molecule has 0 bridgehead atoms. The van der Waals surface area contributed by atoms with E-state index in [-0.39, 0.29) is 5.91 Å². The van der Waals surface area contributed by atoms with Gasteiger partial charge >= 0.3 is 0 Å². The molecule has 0 N–H and O–H groups in total. The van der Waals surface area contributed by atoms with Gasteiger partial charge in [-0.25, -0.2) is 4.98 Å². The highest BCUT2D eigenvalue weighted by atomic mass is 32.2. The monoisotopic (exact) mass is 291 g/mol. The molecule has 0 spiro atoms. The van der Waals surface area contributed by atoms with Crippen molar-refractivity contribution in [1.29, 1.82) is 5.26 Å². The number of aromatic nitrogens is 1.